The lowest BCUT2D eigenvalue weighted by molar-refractivity contribution is 0.0994. The van der Waals surface area contributed by atoms with Gasteiger partial charge in [-0.25, -0.2) is 4.68 Å². The summed E-state index contributed by atoms with van der Waals surface area (Å²) in [5, 5.41) is 18.2. The number of primary amides is 1. The van der Waals surface area contributed by atoms with Gasteiger partial charge in [0.05, 0.1) is 11.4 Å². The van der Waals surface area contributed by atoms with E-state index in [1.807, 2.05) is 36.4 Å². The number of carbonyl (C=O) groups is 1. The molecule has 1 aliphatic carbocycles. The number of carbonyl (C=O) groups excluding carboxylic acids is 1. The summed E-state index contributed by atoms with van der Waals surface area (Å²) in [5.41, 5.74) is 12.7. The van der Waals surface area contributed by atoms with Crippen molar-refractivity contribution in [2.45, 2.75) is 12.8 Å². The Morgan fingerprint density at radius 3 is 2.58 bits per heavy atom. The van der Waals surface area contributed by atoms with E-state index in [9.17, 15) is 9.90 Å². The van der Waals surface area contributed by atoms with Gasteiger partial charge in [0, 0.05) is 33.1 Å². The molecule has 33 heavy (non-hydrogen) atoms. The zero-order valence-corrected chi connectivity index (χ0v) is 18.4. The minimum absolute atomic E-state index is 0.153. The number of nitrogens with zero attached hydrogens (tertiary/aromatic N) is 2. The molecule has 0 radical (unpaired) electrons. The van der Waals surface area contributed by atoms with E-state index >= 15 is 0 Å². The van der Waals surface area contributed by atoms with Crippen molar-refractivity contribution in [1.29, 1.82) is 0 Å². The molecule has 0 fully saturated rings. The molecular formula is C26H21ClN4O2. The van der Waals surface area contributed by atoms with Gasteiger partial charge in [0.2, 0.25) is 0 Å². The lowest BCUT2D eigenvalue weighted by Gasteiger charge is -2.21. The molecule has 7 heteroatoms. The molecule has 3 aromatic carbocycles. The first-order valence-corrected chi connectivity index (χ1v) is 10.9. The predicted molar refractivity (Wildman–Crippen MR) is 131 cm³/mol. The molecule has 0 atom stereocenters. The second-order valence-corrected chi connectivity index (χ2v) is 8.33. The number of aromatic hydroxyl groups is 1. The maximum absolute atomic E-state index is 12.2. The Labute approximate surface area is 195 Å². The van der Waals surface area contributed by atoms with E-state index < -0.39 is 5.91 Å². The van der Waals surface area contributed by atoms with Gasteiger partial charge in [-0.05, 0) is 60.9 Å². The summed E-state index contributed by atoms with van der Waals surface area (Å²) < 4.78 is 1.72. The van der Waals surface area contributed by atoms with Crippen LogP contribution < -0.4 is 11.1 Å². The largest absolute Gasteiger partial charge is 0.508 e. The van der Waals surface area contributed by atoms with Crippen LogP contribution in [0.5, 0.6) is 5.75 Å². The molecule has 0 bridgehead atoms. The Hall–Kier alpha value is -4.03. The van der Waals surface area contributed by atoms with Crippen LogP contribution in [0, 0.1) is 0 Å². The van der Waals surface area contributed by atoms with Gasteiger partial charge in [0.15, 0.2) is 5.69 Å². The number of hydrogen-bond donors (Lipinski definition) is 3. The van der Waals surface area contributed by atoms with Gasteiger partial charge >= 0.3 is 0 Å². The third-order valence-electron chi connectivity index (χ3n) is 5.81. The van der Waals surface area contributed by atoms with E-state index in [-0.39, 0.29) is 11.4 Å². The predicted octanol–water partition coefficient (Wildman–Crippen LogP) is 5.18. The standard InChI is InChI=1S/C26H21ClN4O2/c1-15(20-4-2-3-5-23(20)27)29-17-8-6-16-7-13-21-24(26(28)33)30-31(25(21)22(16)14-17)18-9-11-19(32)12-10-18/h2-6,8-12,14,29,32H,1,7,13H2,(H2,28,33). The van der Waals surface area contributed by atoms with Gasteiger partial charge in [-0.15, -0.1) is 0 Å². The molecule has 0 unspecified atom stereocenters. The summed E-state index contributed by atoms with van der Waals surface area (Å²) >= 11 is 6.33. The van der Waals surface area contributed by atoms with Gasteiger partial charge < -0.3 is 16.2 Å². The van der Waals surface area contributed by atoms with Crippen molar-refractivity contribution >= 4 is 28.9 Å². The van der Waals surface area contributed by atoms with Crippen LogP contribution in [-0.4, -0.2) is 20.8 Å². The molecule has 6 nitrogen and oxygen atoms in total. The molecule has 0 saturated heterocycles. The lowest BCUT2D eigenvalue weighted by Crippen LogP contribution is -2.15. The fraction of sp³-hybridized carbons (Fsp3) is 0.0769. The number of hydrogen-bond acceptors (Lipinski definition) is 4. The second kappa shape index (κ2) is 8.15. The van der Waals surface area contributed by atoms with E-state index in [1.165, 1.54) is 0 Å². The van der Waals surface area contributed by atoms with Crippen LogP contribution in [0.1, 0.15) is 27.2 Å². The first-order chi connectivity index (χ1) is 15.9. The number of amides is 1. The van der Waals surface area contributed by atoms with Crippen LogP contribution in [0.25, 0.3) is 22.6 Å². The smallest absolute Gasteiger partial charge is 0.269 e. The Balaban J connectivity index is 1.61. The fourth-order valence-electron chi connectivity index (χ4n) is 4.24. The van der Waals surface area contributed by atoms with Crippen LogP contribution >= 0.6 is 11.6 Å². The molecule has 0 saturated carbocycles. The molecule has 0 aliphatic heterocycles. The van der Waals surface area contributed by atoms with Crippen LogP contribution in [-0.2, 0) is 12.8 Å². The van der Waals surface area contributed by atoms with Gasteiger partial charge in [0.1, 0.15) is 5.75 Å². The molecule has 0 spiro atoms. The van der Waals surface area contributed by atoms with E-state index in [2.05, 4.69) is 23.1 Å². The first kappa shape index (κ1) is 20.8. The number of aryl methyl sites for hydroxylation is 1. The number of fused-ring (bicyclic) bond motifs is 3. The summed E-state index contributed by atoms with van der Waals surface area (Å²) in [6, 6.07) is 20.3. The molecule has 1 aromatic heterocycles. The highest BCUT2D eigenvalue weighted by Gasteiger charge is 2.28. The lowest BCUT2D eigenvalue weighted by atomic mass is 9.88. The topological polar surface area (TPSA) is 93.2 Å². The van der Waals surface area contributed by atoms with Gasteiger partial charge in [-0.3, -0.25) is 4.79 Å². The molecule has 4 aromatic rings. The Kier molecular flexibility index (Phi) is 5.15. The van der Waals surface area contributed by atoms with Crippen LogP contribution in [0.2, 0.25) is 5.02 Å². The number of rotatable bonds is 5. The molecule has 164 valence electrons. The number of nitrogens with two attached hydrogens (primary N) is 1. The molecule has 1 heterocycles. The van der Waals surface area contributed by atoms with E-state index in [1.54, 1.807) is 28.9 Å². The minimum Gasteiger partial charge on any atom is -0.508 e. The van der Waals surface area contributed by atoms with Crippen LogP contribution in [0.15, 0.2) is 73.3 Å². The third-order valence-corrected chi connectivity index (χ3v) is 6.14. The quantitative estimate of drug-likeness (QED) is 0.386. The van der Waals surface area contributed by atoms with Crippen molar-refractivity contribution in [3.8, 4) is 22.7 Å². The SMILES string of the molecule is C=C(Nc1ccc2c(c1)-c1c(c(C(N)=O)nn1-c1ccc(O)cc1)CC2)c1ccccc1Cl. The van der Waals surface area contributed by atoms with Crippen molar-refractivity contribution < 1.29 is 9.90 Å². The Bertz CT molecular complexity index is 1410. The van der Waals surface area contributed by atoms with Crippen LogP contribution in [0.3, 0.4) is 0 Å². The van der Waals surface area contributed by atoms with Gasteiger partial charge in [-0.1, -0.05) is 42.4 Å². The normalized spacial score (nSPS) is 12.0. The van der Waals surface area contributed by atoms with E-state index in [4.69, 9.17) is 17.3 Å². The average molecular weight is 457 g/mol. The number of halogens is 1. The van der Waals surface area contributed by atoms with E-state index in [0.717, 1.165) is 45.7 Å². The number of phenols is 1. The van der Waals surface area contributed by atoms with Gasteiger partial charge in [-0.2, -0.15) is 5.10 Å². The summed E-state index contributed by atoms with van der Waals surface area (Å²) in [6.45, 7) is 4.14. The third kappa shape index (κ3) is 3.75. The number of anilines is 1. The molecule has 1 aliphatic rings. The maximum Gasteiger partial charge on any atom is 0.269 e. The number of phenolic OH excluding ortho intramolecular Hbond substituents is 1. The molecule has 5 rings (SSSR count). The van der Waals surface area contributed by atoms with Crippen molar-refractivity contribution in [2.75, 3.05) is 5.32 Å². The van der Waals surface area contributed by atoms with Crippen LogP contribution in [0.4, 0.5) is 5.69 Å². The monoisotopic (exact) mass is 456 g/mol. The average Bonchev–Trinajstić information content (AvgIpc) is 3.20. The van der Waals surface area contributed by atoms with Crippen molar-refractivity contribution in [3.63, 3.8) is 0 Å². The molecule has 4 N–H and O–H groups in total. The summed E-state index contributed by atoms with van der Waals surface area (Å²) in [7, 11) is 0. The maximum atomic E-state index is 12.2. The van der Waals surface area contributed by atoms with Crippen molar-refractivity contribution in [3.05, 3.63) is 101 Å². The number of aromatic nitrogens is 2. The van der Waals surface area contributed by atoms with Crippen molar-refractivity contribution in [1.82, 2.24) is 9.78 Å². The zero-order valence-electron chi connectivity index (χ0n) is 17.7. The first-order valence-electron chi connectivity index (χ1n) is 10.5. The summed E-state index contributed by atoms with van der Waals surface area (Å²) in [6.07, 6.45) is 1.44. The summed E-state index contributed by atoms with van der Waals surface area (Å²) in [5.74, 6) is -0.409. The minimum atomic E-state index is -0.561. The fourth-order valence-corrected chi connectivity index (χ4v) is 4.49. The van der Waals surface area contributed by atoms with Crippen molar-refractivity contribution in [2.24, 2.45) is 5.73 Å². The highest BCUT2D eigenvalue weighted by Crippen LogP contribution is 2.39. The highest BCUT2D eigenvalue weighted by atomic mass is 35.5. The van der Waals surface area contributed by atoms with Gasteiger partial charge in [0.25, 0.3) is 5.91 Å². The Morgan fingerprint density at radius 2 is 1.85 bits per heavy atom. The summed E-state index contributed by atoms with van der Waals surface area (Å²) in [4.78, 5) is 12.2. The molecular weight excluding hydrogens is 436 g/mol. The highest BCUT2D eigenvalue weighted by molar-refractivity contribution is 6.32. The molecule has 1 amide bonds. The number of nitrogens with one attached hydrogen (secondary N) is 1. The van der Waals surface area contributed by atoms with E-state index in [0.29, 0.717) is 17.1 Å². The zero-order chi connectivity index (χ0) is 23.1. The number of benzene rings is 3. The Morgan fingerprint density at radius 1 is 1.09 bits per heavy atom. The second-order valence-electron chi connectivity index (χ2n) is 7.92.